The molecule has 3 rings (SSSR count). The van der Waals surface area contributed by atoms with E-state index >= 15 is 0 Å². The number of hydrogen-bond acceptors (Lipinski definition) is 5. The van der Waals surface area contributed by atoms with Gasteiger partial charge in [0.1, 0.15) is 11.6 Å². The van der Waals surface area contributed by atoms with Gasteiger partial charge in [-0.1, -0.05) is 12.1 Å². The van der Waals surface area contributed by atoms with Crippen LogP contribution in [0.25, 0.3) is 10.9 Å². The van der Waals surface area contributed by atoms with Gasteiger partial charge < -0.3 is 24.7 Å². The van der Waals surface area contributed by atoms with E-state index in [1.807, 2.05) is 0 Å². The van der Waals surface area contributed by atoms with E-state index in [2.05, 4.69) is 15.3 Å². The monoisotopic (exact) mass is 400 g/mol. The highest BCUT2D eigenvalue weighted by atomic mass is 19.1. The number of amides is 2. The van der Waals surface area contributed by atoms with E-state index in [1.165, 1.54) is 37.3 Å². The fourth-order valence-electron chi connectivity index (χ4n) is 2.85. The van der Waals surface area contributed by atoms with Crippen molar-refractivity contribution in [3.63, 3.8) is 0 Å². The average molecular weight is 400 g/mol. The normalized spacial score (nSPS) is 10.6. The van der Waals surface area contributed by atoms with Crippen molar-refractivity contribution in [2.75, 3.05) is 26.1 Å². The van der Waals surface area contributed by atoms with Gasteiger partial charge >= 0.3 is 6.03 Å². The van der Waals surface area contributed by atoms with Crippen LogP contribution in [0.3, 0.4) is 0 Å². The van der Waals surface area contributed by atoms with Crippen LogP contribution >= 0.6 is 0 Å². The Kier molecular flexibility index (Phi) is 5.96. The van der Waals surface area contributed by atoms with Crippen LogP contribution < -0.4 is 20.3 Å². The van der Waals surface area contributed by atoms with Crippen molar-refractivity contribution in [3.05, 3.63) is 58.4 Å². The maximum atomic E-state index is 13.8. The van der Waals surface area contributed by atoms with Gasteiger partial charge in [0.05, 0.1) is 37.4 Å². The third-order valence-electron chi connectivity index (χ3n) is 4.38. The Morgan fingerprint density at radius 3 is 2.55 bits per heavy atom. The van der Waals surface area contributed by atoms with Crippen molar-refractivity contribution in [2.24, 2.45) is 0 Å². The van der Waals surface area contributed by atoms with Crippen LogP contribution in [-0.2, 0) is 6.54 Å². The summed E-state index contributed by atoms with van der Waals surface area (Å²) in [4.78, 5) is 33.5. The van der Waals surface area contributed by atoms with Gasteiger partial charge in [-0.15, -0.1) is 0 Å². The number of aromatic nitrogens is 2. The Morgan fingerprint density at radius 2 is 1.90 bits per heavy atom. The van der Waals surface area contributed by atoms with Crippen molar-refractivity contribution in [2.45, 2.75) is 13.5 Å². The summed E-state index contributed by atoms with van der Waals surface area (Å²) in [5.41, 5.74) is 0.122. The molecule has 2 amide bonds. The van der Waals surface area contributed by atoms with Crippen LogP contribution in [0.15, 0.2) is 41.2 Å². The number of nitrogens with one attached hydrogen (secondary N) is 2. The van der Waals surface area contributed by atoms with Crippen molar-refractivity contribution in [1.82, 2.24) is 14.9 Å². The van der Waals surface area contributed by atoms with Gasteiger partial charge in [-0.2, -0.15) is 0 Å². The van der Waals surface area contributed by atoms with Crippen LogP contribution in [0.4, 0.5) is 14.9 Å². The van der Waals surface area contributed by atoms with Crippen LogP contribution in [0.5, 0.6) is 11.5 Å². The first-order valence-corrected chi connectivity index (χ1v) is 8.92. The lowest BCUT2D eigenvalue weighted by atomic mass is 10.2. The lowest BCUT2D eigenvalue weighted by Gasteiger charge is -2.21. The Labute approximate surface area is 166 Å². The fourth-order valence-corrected chi connectivity index (χ4v) is 2.85. The minimum Gasteiger partial charge on any atom is -0.493 e. The molecule has 0 atom stereocenters. The molecule has 8 nitrogen and oxygen atoms in total. The topological polar surface area (TPSA) is 96.6 Å². The molecule has 152 valence electrons. The summed E-state index contributed by atoms with van der Waals surface area (Å²) in [5, 5.41) is 2.86. The minimum absolute atomic E-state index is 0.0380. The van der Waals surface area contributed by atoms with Gasteiger partial charge in [-0.3, -0.25) is 4.79 Å². The molecule has 2 N–H and O–H groups in total. The molecule has 3 aromatic rings. The first kappa shape index (κ1) is 20.1. The highest BCUT2D eigenvalue weighted by Gasteiger charge is 2.17. The summed E-state index contributed by atoms with van der Waals surface area (Å²) in [7, 11) is 2.97. The summed E-state index contributed by atoms with van der Waals surface area (Å²) in [6.45, 7) is 2.14. The van der Waals surface area contributed by atoms with Gasteiger partial charge in [0, 0.05) is 12.6 Å². The number of aromatic amines is 1. The number of para-hydroxylation sites is 1. The number of ether oxygens (including phenoxy) is 2. The van der Waals surface area contributed by atoms with E-state index in [9.17, 15) is 14.0 Å². The Morgan fingerprint density at radius 1 is 1.21 bits per heavy atom. The average Bonchev–Trinajstić information content (AvgIpc) is 2.72. The van der Waals surface area contributed by atoms with Crippen LogP contribution in [0, 0.1) is 5.82 Å². The number of carbonyl (C=O) groups excluding carboxylic acids is 1. The molecule has 0 radical (unpaired) electrons. The van der Waals surface area contributed by atoms with Gasteiger partial charge in [0.2, 0.25) is 0 Å². The number of H-pyrrole nitrogens is 1. The van der Waals surface area contributed by atoms with Gasteiger partial charge in [-0.25, -0.2) is 14.2 Å². The molecule has 0 spiro atoms. The summed E-state index contributed by atoms with van der Waals surface area (Å²) in [5.74, 6) is 0.614. The van der Waals surface area contributed by atoms with Gasteiger partial charge in [0.15, 0.2) is 11.5 Å². The Balaban J connectivity index is 1.88. The highest BCUT2D eigenvalue weighted by Crippen LogP contribution is 2.30. The predicted octanol–water partition coefficient (Wildman–Crippen LogP) is 3.13. The van der Waals surface area contributed by atoms with E-state index in [4.69, 9.17) is 9.47 Å². The Bertz CT molecular complexity index is 1100. The van der Waals surface area contributed by atoms with Crippen molar-refractivity contribution >= 4 is 22.6 Å². The molecule has 0 aliphatic carbocycles. The van der Waals surface area contributed by atoms with E-state index in [-0.39, 0.29) is 17.8 Å². The quantitative estimate of drug-likeness (QED) is 0.663. The molecule has 0 saturated heterocycles. The number of halogens is 1. The molecule has 1 heterocycles. The molecule has 0 saturated carbocycles. The third-order valence-corrected chi connectivity index (χ3v) is 4.38. The maximum absolute atomic E-state index is 13.8. The molecule has 29 heavy (non-hydrogen) atoms. The van der Waals surface area contributed by atoms with Gasteiger partial charge in [-0.05, 0) is 25.1 Å². The van der Waals surface area contributed by atoms with E-state index in [0.717, 1.165) is 0 Å². The summed E-state index contributed by atoms with van der Waals surface area (Å²) in [6.07, 6.45) is 0. The molecule has 0 bridgehead atoms. The molecule has 0 unspecified atom stereocenters. The number of nitrogens with zero attached hydrogens (tertiary/aromatic N) is 2. The number of carbonyl (C=O) groups is 1. The lowest BCUT2D eigenvalue weighted by molar-refractivity contribution is 0.210. The first-order valence-electron chi connectivity index (χ1n) is 8.92. The number of hydrogen-bond donors (Lipinski definition) is 2. The predicted molar refractivity (Wildman–Crippen MR) is 107 cm³/mol. The zero-order valence-corrected chi connectivity index (χ0v) is 16.3. The second-order valence-electron chi connectivity index (χ2n) is 6.16. The van der Waals surface area contributed by atoms with Crippen molar-refractivity contribution in [1.29, 1.82) is 0 Å². The van der Waals surface area contributed by atoms with E-state index in [0.29, 0.717) is 34.8 Å². The van der Waals surface area contributed by atoms with Crippen molar-refractivity contribution < 1.29 is 18.7 Å². The second kappa shape index (κ2) is 8.59. The maximum Gasteiger partial charge on any atom is 0.322 e. The number of rotatable bonds is 6. The molecule has 2 aromatic carbocycles. The zero-order valence-electron chi connectivity index (χ0n) is 16.3. The number of benzene rings is 2. The molecule has 0 aliphatic rings. The molecule has 0 fully saturated rings. The van der Waals surface area contributed by atoms with Crippen LogP contribution in [-0.4, -0.2) is 41.7 Å². The first-order chi connectivity index (χ1) is 14.0. The third kappa shape index (κ3) is 4.29. The molecular weight excluding hydrogens is 379 g/mol. The van der Waals surface area contributed by atoms with Crippen molar-refractivity contribution in [3.8, 4) is 11.5 Å². The van der Waals surface area contributed by atoms with Crippen LogP contribution in [0.2, 0.25) is 0 Å². The standard InChI is InChI=1S/C20H21FN4O4/c1-4-25(20(27)23-14-8-6-5-7-13(14)21)11-18-22-15-10-17(29-3)16(28-2)9-12(15)19(26)24-18/h5-10H,4,11H2,1-3H3,(H,23,27)(H,22,24,26). The van der Waals surface area contributed by atoms with E-state index in [1.54, 1.807) is 25.1 Å². The minimum atomic E-state index is -0.532. The number of methoxy groups -OCH3 is 2. The smallest absolute Gasteiger partial charge is 0.322 e. The SMILES string of the molecule is CCN(Cc1nc2cc(OC)c(OC)cc2c(=O)[nH]1)C(=O)Nc1ccccc1F. The fraction of sp³-hybridized carbons (Fsp3) is 0.250. The highest BCUT2D eigenvalue weighted by molar-refractivity contribution is 5.89. The van der Waals surface area contributed by atoms with Crippen LogP contribution in [0.1, 0.15) is 12.7 Å². The number of anilines is 1. The molecule has 0 aliphatic heterocycles. The molecule has 1 aromatic heterocycles. The number of urea groups is 1. The summed E-state index contributed by atoms with van der Waals surface area (Å²) >= 11 is 0. The molecular formula is C20H21FN4O4. The zero-order chi connectivity index (χ0) is 21.0. The second-order valence-corrected chi connectivity index (χ2v) is 6.16. The largest absolute Gasteiger partial charge is 0.493 e. The lowest BCUT2D eigenvalue weighted by Crippen LogP contribution is -2.35. The van der Waals surface area contributed by atoms with E-state index < -0.39 is 11.8 Å². The van der Waals surface area contributed by atoms with Gasteiger partial charge in [0.25, 0.3) is 5.56 Å². The Hall–Kier alpha value is -3.62. The number of fused-ring (bicyclic) bond motifs is 1. The summed E-state index contributed by atoms with van der Waals surface area (Å²) < 4.78 is 24.3. The summed E-state index contributed by atoms with van der Waals surface area (Å²) in [6, 6.07) is 8.53. The molecule has 9 heteroatoms.